The van der Waals surface area contributed by atoms with Crippen LogP contribution in [0, 0.1) is 5.92 Å². The number of hydrogen-bond donors (Lipinski definition) is 1. The lowest BCUT2D eigenvalue weighted by Gasteiger charge is -2.36. The van der Waals surface area contributed by atoms with E-state index < -0.39 is 23.8 Å². The molecule has 1 saturated heterocycles. The van der Waals surface area contributed by atoms with Crippen LogP contribution in [0.15, 0.2) is 0 Å². The number of ether oxygens (including phenoxy) is 1. The predicted octanol–water partition coefficient (Wildman–Crippen LogP) is 2.22. The Morgan fingerprint density at radius 3 is 2.73 bits per heavy atom. The Hall–Kier alpha value is -0.940. The summed E-state index contributed by atoms with van der Waals surface area (Å²) >= 11 is 0. The molecule has 1 spiro atoms. The zero-order chi connectivity index (χ0) is 11.1. The van der Waals surface area contributed by atoms with Gasteiger partial charge in [-0.05, 0) is 19.3 Å². The molecular weight excluding hydrogens is 211 g/mol. The van der Waals surface area contributed by atoms with Crippen LogP contribution < -0.4 is 5.32 Å². The first kappa shape index (κ1) is 10.6. The van der Waals surface area contributed by atoms with Gasteiger partial charge in [0.15, 0.2) is 0 Å². The third-order valence-corrected chi connectivity index (χ3v) is 3.13. The van der Waals surface area contributed by atoms with Gasteiger partial charge in [0.25, 0.3) is 0 Å². The lowest BCUT2D eigenvalue weighted by Crippen LogP contribution is -2.42. The number of alkyl carbamates (subject to hydrolysis) is 1. The molecule has 86 valence electrons. The minimum absolute atomic E-state index is 0.102. The van der Waals surface area contributed by atoms with Crippen LogP contribution in [0.2, 0.25) is 0 Å². The standard InChI is InChI=1S/C9H12F3NO2/c10-9(11,12)6-2-1-3-8(4-6)5-13-7(14)15-8/h6H,1-5H2,(H,13,14). The summed E-state index contributed by atoms with van der Waals surface area (Å²) in [5, 5.41) is 2.42. The van der Waals surface area contributed by atoms with Gasteiger partial charge in [-0.15, -0.1) is 0 Å². The van der Waals surface area contributed by atoms with Gasteiger partial charge < -0.3 is 10.1 Å². The van der Waals surface area contributed by atoms with Gasteiger partial charge in [0.05, 0.1) is 12.5 Å². The smallest absolute Gasteiger partial charge is 0.407 e. The van der Waals surface area contributed by atoms with E-state index in [1.54, 1.807) is 0 Å². The number of amides is 1. The Kier molecular flexibility index (Phi) is 2.31. The molecule has 0 aromatic rings. The summed E-state index contributed by atoms with van der Waals surface area (Å²) in [6.45, 7) is 0.207. The maximum absolute atomic E-state index is 12.5. The first-order valence-corrected chi connectivity index (χ1v) is 4.95. The molecule has 15 heavy (non-hydrogen) atoms. The van der Waals surface area contributed by atoms with E-state index in [2.05, 4.69) is 5.32 Å². The topological polar surface area (TPSA) is 38.3 Å². The summed E-state index contributed by atoms with van der Waals surface area (Å²) in [4.78, 5) is 10.9. The molecular formula is C9H12F3NO2. The summed E-state index contributed by atoms with van der Waals surface area (Å²) in [6.07, 6.45) is -3.75. The highest BCUT2D eigenvalue weighted by molar-refractivity contribution is 5.70. The summed E-state index contributed by atoms with van der Waals surface area (Å²) in [5.41, 5.74) is -0.907. The van der Waals surface area contributed by atoms with Crippen LogP contribution in [-0.2, 0) is 4.74 Å². The number of rotatable bonds is 0. The minimum atomic E-state index is -4.18. The molecule has 1 aliphatic carbocycles. The second-order valence-electron chi connectivity index (χ2n) is 4.26. The minimum Gasteiger partial charge on any atom is -0.441 e. The third-order valence-electron chi connectivity index (χ3n) is 3.13. The van der Waals surface area contributed by atoms with E-state index in [0.717, 1.165) is 0 Å². The number of hydrogen-bond acceptors (Lipinski definition) is 2. The Morgan fingerprint density at radius 1 is 1.47 bits per heavy atom. The summed E-state index contributed by atoms with van der Waals surface area (Å²) in [5.74, 6) is -1.33. The number of carbonyl (C=O) groups excluding carboxylic acids is 1. The van der Waals surface area contributed by atoms with Crippen LogP contribution in [0.3, 0.4) is 0 Å². The van der Waals surface area contributed by atoms with Gasteiger partial charge in [-0.3, -0.25) is 0 Å². The predicted molar refractivity (Wildman–Crippen MR) is 45.2 cm³/mol. The van der Waals surface area contributed by atoms with E-state index in [-0.39, 0.29) is 19.4 Å². The molecule has 1 aliphatic heterocycles. The van der Waals surface area contributed by atoms with Crippen LogP contribution in [0.1, 0.15) is 25.7 Å². The molecule has 2 atom stereocenters. The maximum Gasteiger partial charge on any atom is 0.407 e. The van der Waals surface area contributed by atoms with Crippen molar-refractivity contribution in [3.05, 3.63) is 0 Å². The number of halogens is 3. The monoisotopic (exact) mass is 223 g/mol. The van der Waals surface area contributed by atoms with Crippen molar-refractivity contribution < 1.29 is 22.7 Å². The summed E-state index contributed by atoms with van der Waals surface area (Å²) in [6, 6.07) is 0. The van der Waals surface area contributed by atoms with Gasteiger partial charge in [0.2, 0.25) is 0 Å². The van der Waals surface area contributed by atoms with Gasteiger partial charge in [0, 0.05) is 6.42 Å². The van der Waals surface area contributed by atoms with Gasteiger partial charge in [-0.25, -0.2) is 4.79 Å². The Labute approximate surface area is 85.0 Å². The van der Waals surface area contributed by atoms with Gasteiger partial charge in [-0.2, -0.15) is 13.2 Å². The van der Waals surface area contributed by atoms with Crippen LogP contribution in [0.25, 0.3) is 0 Å². The van der Waals surface area contributed by atoms with E-state index in [4.69, 9.17) is 4.74 Å². The molecule has 1 amide bonds. The maximum atomic E-state index is 12.5. The molecule has 0 aromatic carbocycles. The highest BCUT2D eigenvalue weighted by Crippen LogP contribution is 2.44. The van der Waals surface area contributed by atoms with Gasteiger partial charge in [-0.1, -0.05) is 0 Å². The second kappa shape index (κ2) is 3.28. The lowest BCUT2D eigenvalue weighted by atomic mass is 9.78. The number of carbonyl (C=O) groups is 1. The molecule has 1 heterocycles. The Bertz CT molecular complexity index is 279. The van der Waals surface area contributed by atoms with Crippen LogP contribution in [0.5, 0.6) is 0 Å². The fourth-order valence-corrected chi connectivity index (χ4v) is 2.36. The second-order valence-corrected chi connectivity index (χ2v) is 4.26. The van der Waals surface area contributed by atoms with Crippen molar-refractivity contribution in [3.63, 3.8) is 0 Å². The molecule has 0 bridgehead atoms. The molecule has 2 unspecified atom stereocenters. The van der Waals surface area contributed by atoms with Gasteiger partial charge in [0.1, 0.15) is 5.60 Å². The van der Waals surface area contributed by atoms with Crippen molar-refractivity contribution >= 4 is 6.09 Å². The molecule has 2 aliphatic rings. The van der Waals surface area contributed by atoms with E-state index >= 15 is 0 Å². The first-order valence-electron chi connectivity index (χ1n) is 4.95. The van der Waals surface area contributed by atoms with E-state index in [1.165, 1.54) is 0 Å². The molecule has 6 heteroatoms. The van der Waals surface area contributed by atoms with Crippen LogP contribution in [-0.4, -0.2) is 24.4 Å². The Balaban J connectivity index is 2.07. The number of alkyl halides is 3. The summed E-state index contributed by atoms with van der Waals surface area (Å²) < 4.78 is 42.5. The molecule has 2 rings (SSSR count). The third kappa shape index (κ3) is 2.03. The average molecular weight is 223 g/mol. The SMILES string of the molecule is O=C1NCC2(CCCC(C(F)(F)F)C2)O1. The molecule has 1 N–H and O–H groups in total. The lowest BCUT2D eigenvalue weighted by molar-refractivity contribution is -0.196. The van der Waals surface area contributed by atoms with Crippen molar-refractivity contribution in [2.45, 2.75) is 37.5 Å². The molecule has 0 aromatic heterocycles. The van der Waals surface area contributed by atoms with E-state index in [9.17, 15) is 18.0 Å². The summed E-state index contributed by atoms with van der Waals surface area (Å²) in [7, 11) is 0. The van der Waals surface area contributed by atoms with Crippen molar-refractivity contribution in [1.82, 2.24) is 5.32 Å². The fraction of sp³-hybridized carbons (Fsp3) is 0.889. The van der Waals surface area contributed by atoms with Crippen molar-refractivity contribution in [2.75, 3.05) is 6.54 Å². The quantitative estimate of drug-likeness (QED) is 0.683. The normalized spacial score (nSPS) is 36.5. The molecule has 3 nitrogen and oxygen atoms in total. The van der Waals surface area contributed by atoms with Crippen molar-refractivity contribution in [2.24, 2.45) is 5.92 Å². The van der Waals surface area contributed by atoms with Crippen molar-refractivity contribution in [3.8, 4) is 0 Å². The van der Waals surface area contributed by atoms with Crippen LogP contribution in [0.4, 0.5) is 18.0 Å². The molecule has 0 radical (unpaired) electrons. The zero-order valence-corrected chi connectivity index (χ0v) is 8.06. The van der Waals surface area contributed by atoms with Crippen molar-refractivity contribution in [1.29, 1.82) is 0 Å². The largest absolute Gasteiger partial charge is 0.441 e. The molecule has 1 saturated carbocycles. The first-order chi connectivity index (χ1) is 6.91. The highest BCUT2D eigenvalue weighted by Gasteiger charge is 2.51. The number of nitrogens with one attached hydrogen (secondary N) is 1. The zero-order valence-electron chi connectivity index (χ0n) is 8.06. The Morgan fingerprint density at radius 2 is 2.20 bits per heavy atom. The highest BCUT2D eigenvalue weighted by atomic mass is 19.4. The fourth-order valence-electron chi connectivity index (χ4n) is 2.36. The molecule has 2 fully saturated rings. The van der Waals surface area contributed by atoms with Gasteiger partial charge >= 0.3 is 12.3 Å². The average Bonchev–Trinajstić information content (AvgIpc) is 2.46. The van der Waals surface area contributed by atoms with E-state index in [1.807, 2.05) is 0 Å². The van der Waals surface area contributed by atoms with Crippen LogP contribution >= 0.6 is 0 Å². The van der Waals surface area contributed by atoms with E-state index in [0.29, 0.717) is 12.8 Å².